The molecule has 29 heavy (non-hydrogen) atoms. The standard InChI is InChI=1S/C25H23NO2S/c1-20-11-15-24(16-12-20)29(27,28)26(19-17-21-13-14-21)18-5-9-23-8-4-7-22-6-2-3-10-25(22)23/h2-4,6-8,10-12,15-17H,13-14,18-19H2,1H3. The number of fused-ring (bicyclic) bond motifs is 1. The first-order valence-electron chi connectivity index (χ1n) is 9.75. The monoisotopic (exact) mass is 401 g/mol. The Morgan fingerprint density at radius 1 is 0.966 bits per heavy atom. The van der Waals surface area contributed by atoms with Gasteiger partial charge in [-0.15, -0.1) is 0 Å². The third-order valence-corrected chi connectivity index (χ3v) is 6.88. The maximum atomic E-state index is 13.2. The zero-order valence-electron chi connectivity index (χ0n) is 16.4. The molecule has 3 aromatic rings. The van der Waals surface area contributed by atoms with Gasteiger partial charge in [0.1, 0.15) is 0 Å². The molecule has 0 aromatic heterocycles. The molecule has 3 nitrogen and oxygen atoms in total. The van der Waals surface area contributed by atoms with Crippen molar-refractivity contribution in [1.29, 1.82) is 0 Å². The lowest BCUT2D eigenvalue weighted by molar-refractivity contribution is 0.478. The number of aryl methyl sites for hydroxylation is 1. The molecule has 1 fully saturated rings. The van der Waals surface area contributed by atoms with Crippen LogP contribution in [0.15, 0.2) is 83.3 Å². The van der Waals surface area contributed by atoms with Crippen LogP contribution in [0.2, 0.25) is 0 Å². The van der Waals surface area contributed by atoms with Crippen LogP contribution in [0.1, 0.15) is 24.0 Å². The van der Waals surface area contributed by atoms with Gasteiger partial charge in [-0.3, -0.25) is 0 Å². The molecule has 0 saturated heterocycles. The van der Waals surface area contributed by atoms with E-state index in [1.807, 2.05) is 55.5 Å². The van der Waals surface area contributed by atoms with Gasteiger partial charge >= 0.3 is 0 Å². The molecular weight excluding hydrogens is 378 g/mol. The van der Waals surface area contributed by atoms with Gasteiger partial charge in [0, 0.05) is 12.1 Å². The zero-order valence-corrected chi connectivity index (χ0v) is 17.2. The zero-order chi connectivity index (χ0) is 20.3. The normalized spacial score (nSPS) is 13.2. The van der Waals surface area contributed by atoms with E-state index in [-0.39, 0.29) is 6.54 Å². The minimum atomic E-state index is -3.60. The Hall–Kier alpha value is -2.87. The van der Waals surface area contributed by atoms with Gasteiger partial charge in [0.15, 0.2) is 0 Å². The number of sulfonamides is 1. The SMILES string of the molecule is Cc1ccc(S(=O)(=O)N(CC#Cc2cccc3ccccc23)CC=C2CC2)cc1. The fourth-order valence-electron chi connectivity index (χ4n) is 3.17. The molecule has 1 saturated carbocycles. The lowest BCUT2D eigenvalue weighted by Crippen LogP contribution is -2.31. The molecule has 0 atom stereocenters. The summed E-state index contributed by atoms with van der Waals surface area (Å²) in [6.07, 6.45) is 4.16. The molecule has 1 aliphatic rings. The van der Waals surface area contributed by atoms with Crippen LogP contribution in [-0.2, 0) is 10.0 Å². The topological polar surface area (TPSA) is 37.4 Å². The predicted octanol–water partition coefficient (Wildman–Crippen LogP) is 4.91. The van der Waals surface area contributed by atoms with Crippen molar-refractivity contribution in [3.63, 3.8) is 0 Å². The van der Waals surface area contributed by atoms with E-state index < -0.39 is 10.0 Å². The number of hydrogen-bond acceptors (Lipinski definition) is 2. The summed E-state index contributed by atoms with van der Waals surface area (Å²) in [5.41, 5.74) is 3.26. The summed E-state index contributed by atoms with van der Waals surface area (Å²) >= 11 is 0. The molecule has 146 valence electrons. The maximum Gasteiger partial charge on any atom is 0.244 e. The Labute approximate surface area is 172 Å². The van der Waals surface area contributed by atoms with Gasteiger partial charge in [-0.25, -0.2) is 8.42 Å². The highest BCUT2D eigenvalue weighted by molar-refractivity contribution is 7.89. The number of allylic oxidation sites excluding steroid dienone is 1. The second-order valence-electron chi connectivity index (χ2n) is 7.30. The lowest BCUT2D eigenvalue weighted by Gasteiger charge is -2.18. The van der Waals surface area contributed by atoms with Crippen LogP contribution in [-0.4, -0.2) is 25.8 Å². The van der Waals surface area contributed by atoms with Crippen molar-refractivity contribution in [3.8, 4) is 11.8 Å². The highest BCUT2D eigenvalue weighted by Crippen LogP contribution is 2.28. The van der Waals surface area contributed by atoms with E-state index in [1.165, 1.54) is 9.88 Å². The quantitative estimate of drug-likeness (QED) is 0.450. The van der Waals surface area contributed by atoms with E-state index in [1.54, 1.807) is 12.1 Å². The van der Waals surface area contributed by atoms with Crippen molar-refractivity contribution in [2.24, 2.45) is 0 Å². The molecule has 0 unspecified atom stereocenters. The average molecular weight is 402 g/mol. The minimum absolute atomic E-state index is 0.156. The Morgan fingerprint density at radius 2 is 1.69 bits per heavy atom. The number of nitrogens with zero attached hydrogens (tertiary/aromatic N) is 1. The van der Waals surface area contributed by atoms with Crippen molar-refractivity contribution in [2.45, 2.75) is 24.7 Å². The van der Waals surface area contributed by atoms with Crippen molar-refractivity contribution >= 4 is 20.8 Å². The van der Waals surface area contributed by atoms with Gasteiger partial charge in [-0.2, -0.15) is 4.31 Å². The van der Waals surface area contributed by atoms with Crippen LogP contribution in [0.5, 0.6) is 0 Å². The molecule has 0 amide bonds. The largest absolute Gasteiger partial charge is 0.244 e. The summed E-state index contributed by atoms with van der Waals surface area (Å²) in [7, 11) is -3.60. The van der Waals surface area contributed by atoms with Crippen LogP contribution >= 0.6 is 0 Å². The lowest BCUT2D eigenvalue weighted by atomic mass is 10.1. The van der Waals surface area contributed by atoms with Gasteiger partial charge in [0.05, 0.1) is 11.4 Å². The van der Waals surface area contributed by atoms with Crippen molar-refractivity contribution in [3.05, 3.63) is 89.5 Å². The summed E-state index contributed by atoms with van der Waals surface area (Å²) in [5.74, 6) is 6.27. The van der Waals surface area contributed by atoms with Gasteiger partial charge in [-0.1, -0.05) is 77.6 Å². The summed E-state index contributed by atoms with van der Waals surface area (Å²) < 4.78 is 27.8. The molecular formula is C25H23NO2S. The average Bonchev–Trinajstić information content (AvgIpc) is 3.55. The van der Waals surface area contributed by atoms with Crippen LogP contribution < -0.4 is 0 Å². The Bertz CT molecular complexity index is 1220. The van der Waals surface area contributed by atoms with E-state index in [0.717, 1.165) is 34.7 Å². The first-order chi connectivity index (χ1) is 14.0. The molecule has 0 aliphatic heterocycles. The summed E-state index contributed by atoms with van der Waals surface area (Å²) in [5, 5.41) is 2.21. The molecule has 4 heteroatoms. The number of benzene rings is 3. The minimum Gasteiger partial charge on any atom is -0.207 e. The molecule has 0 heterocycles. The third kappa shape index (κ3) is 4.59. The molecule has 4 rings (SSSR count). The van der Waals surface area contributed by atoms with Gasteiger partial charge in [0.25, 0.3) is 0 Å². The summed E-state index contributed by atoms with van der Waals surface area (Å²) in [6, 6.07) is 21.1. The Balaban J connectivity index is 1.62. The smallest absolute Gasteiger partial charge is 0.207 e. The van der Waals surface area contributed by atoms with Crippen LogP contribution in [0, 0.1) is 18.8 Å². The molecule has 3 aromatic carbocycles. The van der Waals surface area contributed by atoms with Gasteiger partial charge < -0.3 is 0 Å². The van der Waals surface area contributed by atoms with Gasteiger partial charge in [-0.05, 0) is 48.7 Å². The summed E-state index contributed by atoms with van der Waals surface area (Å²) in [6.45, 7) is 2.46. The van der Waals surface area contributed by atoms with E-state index in [0.29, 0.717) is 11.4 Å². The molecule has 0 N–H and O–H groups in total. The van der Waals surface area contributed by atoms with Crippen molar-refractivity contribution in [2.75, 3.05) is 13.1 Å². The van der Waals surface area contributed by atoms with Crippen LogP contribution in [0.4, 0.5) is 0 Å². The number of hydrogen-bond donors (Lipinski definition) is 0. The van der Waals surface area contributed by atoms with Crippen LogP contribution in [0.3, 0.4) is 0 Å². The highest BCUT2D eigenvalue weighted by Gasteiger charge is 2.23. The van der Waals surface area contributed by atoms with E-state index in [2.05, 4.69) is 24.0 Å². The second-order valence-corrected chi connectivity index (χ2v) is 9.24. The Kier molecular flexibility index (Phi) is 5.53. The van der Waals surface area contributed by atoms with Gasteiger partial charge in [0.2, 0.25) is 10.0 Å². The van der Waals surface area contributed by atoms with E-state index in [9.17, 15) is 8.42 Å². The Morgan fingerprint density at radius 3 is 2.45 bits per heavy atom. The molecule has 0 radical (unpaired) electrons. The summed E-state index contributed by atoms with van der Waals surface area (Å²) in [4.78, 5) is 0.309. The van der Waals surface area contributed by atoms with E-state index in [4.69, 9.17) is 0 Å². The third-order valence-electron chi connectivity index (χ3n) is 5.05. The fourth-order valence-corrected chi connectivity index (χ4v) is 4.45. The first kappa shape index (κ1) is 19.4. The van der Waals surface area contributed by atoms with Crippen molar-refractivity contribution in [1.82, 2.24) is 4.31 Å². The first-order valence-corrected chi connectivity index (χ1v) is 11.2. The predicted molar refractivity (Wildman–Crippen MR) is 118 cm³/mol. The fraction of sp³-hybridized carbons (Fsp3) is 0.200. The second kappa shape index (κ2) is 8.24. The van der Waals surface area contributed by atoms with Crippen molar-refractivity contribution < 1.29 is 8.42 Å². The number of rotatable bonds is 5. The van der Waals surface area contributed by atoms with E-state index >= 15 is 0 Å². The molecule has 1 aliphatic carbocycles. The van der Waals surface area contributed by atoms with Crippen LogP contribution in [0.25, 0.3) is 10.8 Å². The molecule has 0 bridgehead atoms. The highest BCUT2D eigenvalue weighted by atomic mass is 32.2. The maximum absolute atomic E-state index is 13.2. The molecule has 0 spiro atoms.